The molecule has 0 aliphatic carbocycles. The Balaban J connectivity index is 2.81. The highest BCUT2D eigenvalue weighted by Gasteiger charge is 2.22. The molecule has 3 atom stereocenters. The molecule has 35 heavy (non-hydrogen) atoms. The molecule has 0 amide bonds. The summed E-state index contributed by atoms with van der Waals surface area (Å²) in [5.41, 5.74) is 6.59. The predicted octanol–water partition coefficient (Wildman–Crippen LogP) is 3.59. The van der Waals surface area contributed by atoms with Gasteiger partial charge in [-0.1, -0.05) is 54.0 Å². The number of carbonyl (C=O) groups excluding carboxylic acids is 4. The lowest BCUT2D eigenvalue weighted by molar-refractivity contribution is -0.161. The lowest BCUT2D eigenvalue weighted by atomic mass is 10.1. The molecule has 0 aliphatic heterocycles. The molecular weight excluding hydrogens is 454 g/mol. The monoisotopic (exact) mass is 493 g/mol. The molecule has 9 nitrogen and oxygen atoms in total. The largest absolute Gasteiger partial charge is 0.461 e. The molecule has 0 aromatic heterocycles. The summed E-state index contributed by atoms with van der Waals surface area (Å²) < 4.78 is 21.3. The van der Waals surface area contributed by atoms with Gasteiger partial charge >= 0.3 is 23.9 Å². The Kier molecular flexibility index (Phi) is 12.4. The Morgan fingerprint density at radius 1 is 0.829 bits per heavy atom. The third-order valence-corrected chi connectivity index (χ3v) is 5.03. The molecule has 1 unspecified atom stereocenters. The minimum Gasteiger partial charge on any atom is -0.461 e. The van der Waals surface area contributed by atoms with E-state index in [4.69, 9.17) is 24.7 Å². The minimum atomic E-state index is -1.00. The number of ether oxygens (including phenoxy) is 4. The van der Waals surface area contributed by atoms with E-state index in [1.165, 1.54) is 12.1 Å². The van der Waals surface area contributed by atoms with Crippen LogP contribution in [0.25, 0.3) is 0 Å². The molecule has 0 aliphatic rings. The normalized spacial score (nSPS) is 13.7. The van der Waals surface area contributed by atoms with Crippen LogP contribution in [-0.4, -0.2) is 42.6 Å². The highest BCUT2D eigenvalue weighted by atomic mass is 16.6. The Bertz CT molecular complexity index is 880. The summed E-state index contributed by atoms with van der Waals surface area (Å²) in [6.07, 6.45) is 1.08. The van der Waals surface area contributed by atoms with Crippen molar-refractivity contribution in [2.45, 2.75) is 79.9 Å². The van der Waals surface area contributed by atoms with Gasteiger partial charge in [0.15, 0.2) is 11.5 Å². The number of hydrogen-bond acceptors (Lipinski definition) is 9. The van der Waals surface area contributed by atoms with Gasteiger partial charge < -0.3 is 24.7 Å². The van der Waals surface area contributed by atoms with Gasteiger partial charge in [-0.3, -0.25) is 19.2 Å². The molecule has 0 saturated carbocycles. The molecular formula is C26H39NO8. The van der Waals surface area contributed by atoms with Gasteiger partial charge in [0.2, 0.25) is 0 Å². The summed E-state index contributed by atoms with van der Waals surface area (Å²) >= 11 is 0. The summed E-state index contributed by atoms with van der Waals surface area (Å²) in [6, 6.07) is 3.63. The zero-order valence-corrected chi connectivity index (χ0v) is 21.8. The molecule has 196 valence electrons. The first-order chi connectivity index (χ1) is 16.3. The summed E-state index contributed by atoms with van der Waals surface area (Å²) in [7, 11) is 0. The second kappa shape index (κ2) is 14.5. The predicted molar refractivity (Wildman–Crippen MR) is 130 cm³/mol. The quantitative estimate of drug-likeness (QED) is 0.323. The fourth-order valence-electron chi connectivity index (χ4n) is 2.84. The van der Waals surface area contributed by atoms with Gasteiger partial charge in [-0.2, -0.15) is 0 Å². The third kappa shape index (κ3) is 10.5. The topological polar surface area (TPSA) is 131 Å². The SMILES string of the molecule is CCCC(C)C(=O)O[C@@H](C)COC(=O)[C@@H](N)Cc1ccc(OC(=O)C(C)C)c(OC(=O)C(C)C)c1. The lowest BCUT2D eigenvalue weighted by Gasteiger charge is -2.18. The maximum Gasteiger partial charge on any atom is 0.323 e. The Morgan fingerprint density at radius 2 is 1.40 bits per heavy atom. The van der Waals surface area contributed by atoms with Gasteiger partial charge in [0.05, 0.1) is 17.8 Å². The standard InChI is InChI=1S/C26H39NO8/c1-8-9-17(6)25(30)33-18(7)14-32-26(31)20(27)12-19-10-11-21(34-23(28)15(2)3)22(13-19)35-24(29)16(4)5/h10-11,13,15-18,20H,8-9,12,14,27H2,1-7H3/t17?,18-,20-/m0/s1. The van der Waals surface area contributed by atoms with Gasteiger partial charge in [-0.25, -0.2) is 0 Å². The first-order valence-corrected chi connectivity index (χ1v) is 12.0. The number of carbonyl (C=O) groups is 4. The fraction of sp³-hybridized carbons (Fsp3) is 0.615. The van der Waals surface area contributed by atoms with Crippen LogP contribution in [0.15, 0.2) is 18.2 Å². The summed E-state index contributed by atoms with van der Waals surface area (Å²) in [5.74, 6) is -2.78. The average molecular weight is 494 g/mol. The number of hydrogen-bond donors (Lipinski definition) is 1. The van der Waals surface area contributed by atoms with Crippen molar-refractivity contribution in [2.75, 3.05) is 6.61 Å². The highest BCUT2D eigenvalue weighted by Crippen LogP contribution is 2.30. The maximum absolute atomic E-state index is 12.4. The first kappa shape index (κ1) is 30.1. The molecule has 9 heteroatoms. The molecule has 0 spiro atoms. The first-order valence-electron chi connectivity index (χ1n) is 12.0. The Morgan fingerprint density at radius 3 is 1.94 bits per heavy atom. The molecule has 1 aromatic rings. The maximum atomic E-state index is 12.4. The van der Waals surface area contributed by atoms with E-state index in [9.17, 15) is 19.2 Å². The van der Waals surface area contributed by atoms with Gasteiger partial charge in [-0.15, -0.1) is 0 Å². The van der Waals surface area contributed by atoms with E-state index in [0.29, 0.717) is 5.56 Å². The molecule has 2 N–H and O–H groups in total. The summed E-state index contributed by atoms with van der Waals surface area (Å²) in [6.45, 7) is 12.0. The Hall–Kier alpha value is -2.94. The number of nitrogens with two attached hydrogens (primary N) is 1. The van der Waals surface area contributed by atoms with Gasteiger partial charge in [0.25, 0.3) is 0 Å². The average Bonchev–Trinajstić information content (AvgIpc) is 2.78. The molecule has 1 aromatic carbocycles. The molecule has 1 rings (SSSR count). The van der Waals surface area contributed by atoms with E-state index < -0.39 is 36.0 Å². The molecule has 0 saturated heterocycles. The fourth-order valence-corrected chi connectivity index (χ4v) is 2.84. The van der Waals surface area contributed by atoms with Crippen LogP contribution in [0.1, 0.15) is 66.9 Å². The van der Waals surface area contributed by atoms with E-state index in [1.54, 1.807) is 47.6 Å². The van der Waals surface area contributed by atoms with Crippen LogP contribution in [0.5, 0.6) is 11.5 Å². The van der Waals surface area contributed by atoms with Gasteiger partial charge in [-0.05, 0) is 37.5 Å². The van der Waals surface area contributed by atoms with E-state index >= 15 is 0 Å². The second-order valence-corrected chi connectivity index (χ2v) is 9.31. The number of esters is 4. The number of benzene rings is 1. The van der Waals surface area contributed by atoms with Crippen molar-refractivity contribution in [1.29, 1.82) is 0 Å². The van der Waals surface area contributed by atoms with Crippen molar-refractivity contribution in [3.8, 4) is 11.5 Å². The molecule has 0 radical (unpaired) electrons. The van der Waals surface area contributed by atoms with Crippen LogP contribution in [0.2, 0.25) is 0 Å². The van der Waals surface area contributed by atoms with E-state index in [2.05, 4.69) is 0 Å². The number of rotatable bonds is 13. The second-order valence-electron chi connectivity index (χ2n) is 9.31. The van der Waals surface area contributed by atoms with Crippen molar-refractivity contribution in [1.82, 2.24) is 0 Å². The van der Waals surface area contributed by atoms with Crippen molar-refractivity contribution < 1.29 is 38.1 Å². The van der Waals surface area contributed by atoms with Crippen LogP contribution >= 0.6 is 0 Å². The zero-order chi connectivity index (χ0) is 26.7. The smallest absolute Gasteiger partial charge is 0.323 e. The molecule has 0 bridgehead atoms. The van der Waals surface area contributed by atoms with Crippen LogP contribution < -0.4 is 15.2 Å². The van der Waals surface area contributed by atoms with Crippen LogP contribution in [-0.2, 0) is 35.1 Å². The van der Waals surface area contributed by atoms with Gasteiger partial charge in [0, 0.05) is 0 Å². The third-order valence-electron chi connectivity index (χ3n) is 5.03. The zero-order valence-electron chi connectivity index (χ0n) is 21.8. The van der Waals surface area contributed by atoms with Crippen LogP contribution in [0.4, 0.5) is 0 Å². The van der Waals surface area contributed by atoms with Crippen LogP contribution in [0, 0.1) is 17.8 Å². The van der Waals surface area contributed by atoms with Crippen molar-refractivity contribution in [3.05, 3.63) is 23.8 Å². The van der Waals surface area contributed by atoms with E-state index in [1.807, 2.05) is 6.92 Å². The van der Waals surface area contributed by atoms with E-state index in [-0.39, 0.29) is 42.3 Å². The van der Waals surface area contributed by atoms with Crippen molar-refractivity contribution in [3.63, 3.8) is 0 Å². The highest BCUT2D eigenvalue weighted by molar-refractivity contribution is 5.78. The lowest BCUT2D eigenvalue weighted by Crippen LogP contribution is -2.36. The minimum absolute atomic E-state index is 0.0671. The van der Waals surface area contributed by atoms with Gasteiger partial charge in [0.1, 0.15) is 18.8 Å². The summed E-state index contributed by atoms with van der Waals surface area (Å²) in [5, 5.41) is 0. The van der Waals surface area contributed by atoms with Crippen molar-refractivity contribution >= 4 is 23.9 Å². The molecule has 0 fully saturated rings. The van der Waals surface area contributed by atoms with Crippen LogP contribution in [0.3, 0.4) is 0 Å². The molecule has 0 heterocycles. The Labute approximate surface area is 207 Å². The summed E-state index contributed by atoms with van der Waals surface area (Å²) in [4.78, 5) is 48.5. The van der Waals surface area contributed by atoms with Crippen molar-refractivity contribution in [2.24, 2.45) is 23.5 Å². The van der Waals surface area contributed by atoms with E-state index in [0.717, 1.165) is 12.8 Å².